The number of benzene rings is 3. The van der Waals surface area contributed by atoms with Crippen LogP contribution in [0.4, 0.5) is 5.69 Å². The molecule has 0 aliphatic heterocycles. The molecule has 1 N–H and O–H groups in total. The van der Waals surface area contributed by atoms with Crippen molar-refractivity contribution >= 4 is 21.6 Å². The molecule has 0 fully saturated rings. The maximum Gasteiger partial charge on any atom is 0.264 e. The van der Waals surface area contributed by atoms with Crippen LogP contribution >= 0.6 is 0 Å². The van der Waals surface area contributed by atoms with Crippen molar-refractivity contribution in [1.82, 2.24) is 5.32 Å². The molecule has 7 heteroatoms. The van der Waals surface area contributed by atoms with Crippen molar-refractivity contribution in [2.24, 2.45) is 0 Å². The predicted molar refractivity (Wildman–Crippen MR) is 141 cm³/mol. The van der Waals surface area contributed by atoms with Crippen LogP contribution in [-0.2, 0) is 20.2 Å². The number of para-hydroxylation sites is 1. The van der Waals surface area contributed by atoms with Crippen molar-refractivity contribution in [3.8, 4) is 5.75 Å². The minimum atomic E-state index is -3.94. The lowest BCUT2D eigenvalue weighted by Crippen LogP contribution is -2.42. The van der Waals surface area contributed by atoms with E-state index < -0.39 is 15.9 Å². The summed E-state index contributed by atoms with van der Waals surface area (Å²) in [5.74, 6) is 0.370. The monoisotopic (exact) mass is 494 g/mol. The summed E-state index contributed by atoms with van der Waals surface area (Å²) in [7, 11) is -3.94. The van der Waals surface area contributed by atoms with Crippen molar-refractivity contribution in [3.05, 3.63) is 89.5 Å². The van der Waals surface area contributed by atoms with Gasteiger partial charge in [0, 0.05) is 0 Å². The summed E-state index contributed by atoms with van der Waals surface area (Å²) in [6.45, 7) is 10.3. The fourth-order valence-electron chi connectivity index (χ4n) is 3.85. The summed E-state index contributed by atoms with van der Waals surface area (Å²) >= 11 is 0. The van der Waals surface area contributed by atoms with Crippen LogP contribution in [0.15, 0.2) is 77.7 Å². The Balaban J connectivity index is 1.72. The van der Waals surface area contributed by atoms with E-state index in [9.17, 15) is 13.2 Å². The first-order valence-corrected chi connectivity index (χ1v) is 13.1. The fraction of sp³-hybridized carbons (Fsp3) is 0.321. The fourth-order valence-corrected chi connectivity index (χ4v) is 5.36. The van der Waals surface area contributed by atoms with Gasteiger partial charge in [-0.15, -0.1) is 0 Å². The molecule has 6 nitrogen and oxygen atoms in total. The van der Waals surface area contributed by atoms with Crippen LogP contribution in [-0.4, -0.2) is 34.0 Å². The molecule has 35 heavy (non-hydrogen) atoms. The maximum absolute atomic E-state index is 13.5. The average Bonchev–Trinajstić information content (AvgIpc) is 2.81. The number of hydrogen-bond acceptors (Lipinski definition) is 4. The number of sulfonamides is 1. The molecule has 0 saturated heterocycles. The number of nitrogens with zero attached hydrogens (tertiary/aromatic N) is 1. The summed E-state index contributed by atoms with van der Waals surface area (Å²) < 4.78 is 34.0. The molecule has 0 bridgehead atoms. The number of carbonyl (C=O) groups is 1. The van der Waals surface area contributed by atoms with E-state index >= 15 is 0 Å². The van der Waals surface area contributed by atoms with E-state index in [-0.39, 0.29) is 30.0 Å². The van der Waals surface area contributed by atoms with Crippen molar-refractivity contribution in [2.45, 2.75) is 44.9 Å². The molecule has 0 spiro atoms. The van der Waals surface area contributed by atoms with E-state index in [2.05, 4.69) is 26.1 Å². The van der Waals surface area contributed by atoms with E-state index in [1.165, 1.54) is 16.4 Å². The highest BCUT2D eigenvalue weighted by Gasteiger charge is 2.28. The molecule has 1 amide bonds. The Hall–Kier alpha value is -3.32. The van der Waals surface area contributed by atoms with Gasteiger partial charge < -0.3 is 10.1 Å². The number of anilines is 1. The number of nitrogens with one attached hydrogen (secondary N) is 1. The molecular weight excluding hydrogens is 460 g/mol. The number of hydrogen-bond donors (Lipinski definition) is 1. The third-order valence-corrected chi connectivity index (χ3v) is 7.39. The molecule has 3 rings (SSSR count). The smallest absolute Gasteiger partial charge is 0.264 e. The molecule has 0 saturated carbocycles. The minimum absolute atomic E-state index is 0.0714. The summed E-state index contributed by atoms with van der Waals surface area (Å²) in [6.07, 6.45) is 0. The van der Waals surface area contributed by atoms with Crippen molar-refractivity contribution in [2.75, 3.05) is 24.0 Å². The van der Waals surface area contributed by atoms with Crippen LogP contribution in [0.2, 0.25) is 0 Å². The summed E-state index contributed by atoms with van der Waals surface area (Å²) in [5.41, 5.74) is 3.28. The van der Waals surface area contributed by atoms with Gasteiger partial charge in [0.25, 0.3) is 10.0 Å². The molecule has 0 aliphatic carbocycles. The van der Waals surface area contributed by atoms with Crippen LogP contribution in [0.5, 0.6) is 5.75 Å². The second-order valence-corrected chi connectivity index (χ2v) is 11.4. The lowest BCUT2D eigenvalue weighted by molar-refractivity contribution is -0.119. The first-order valence-electron chi connectivity index (χ1n) is 11.6. The quantitative estimate of drug-likeness (QED) is 0.425. The lowest BCUT2D eigenvalue weighted by Gasteiger charge is -2.26. The zero-order chi connectivity index (χ0) is 25.6. The van der Waals surface area contributed by atoms with Gasteiger partial charge in [0.1, 0.15) is 18.9 Å². The third-order valence-electron chi connectivity index (χ3n) is 5.62. The molecule has 3 aromatic rings. The van der Waals surface area contributed by atoms with Crippen molar-refractivity contribution in [3.63, 3.8) is 0 Å². The Morgan fingerprint density at radius 3 is 2.26 bits per heavy atom. The SMILES string of the molecule is Cc1ccc(N(CC(=O)NCCOc2ccccc2C(C)(C)C)S(=O)(=O)c2ccccc2)c(C)c1. The Bertz CT molecular complexity index is 1270. The van der Waals surface area contributed by atoms with Gasteiger partial charge in [-0.1, -0.05) is 74.9 Å². The molecule has 0 aromatic heterocycles. The van der Waals surface area contributed by atoms with E-state index in [4.69, 9.17) is 4.74 Å². The minimum Gasteiger partial charge on any atom is -0.491 e. The summed E-state index contributed by atoms with van der Waals surface area (Å²) in [6, 6.07) is 21.5. The van der Waals surface area contributed by atoms with Gasteiger partial charge in [-0.2, -0.15) is 0 Å². The van der Waals surface area contributed by atoms with Gasteiger partial charge >= 0.3 is 0 Å². The second-order valence-electron chi connectivity index (χ2n) is 9.56. The topological polar surface area (TPSA) is 75.7 Å². The second kappa shape index (κ2) is 11.0. The number of carbonyl (C=O) groups excluding carboxylic acids is 1. The Labute approximate surface area is 209 Å². The largest absolute Gasteiger partial charge is 0.491 e. The molecule has 186 valence electrons. The highest BCUT2D eigenvalue weighted by molar-refractivity contribution is 7.92. The van der Waals surface area contributed by atoms with Gasteiger partial charge in [0.15, 0.2) is 0 Å². The van der Waals surface area contributed by atoms with E-state index in [1.807, 2.05) is 50.2 Å². The summed E-state index contributed by atoms with van der Waals surface area (Å²) in [4.78, 5) is 13.0. The van der Waals surface area contributed by atoms with E-state index in [0.29, 0.717) is 5.69 Å². The first-order chi connectivity index (χ1) is 16.5. The van der Waals surface area contributed by atoms with Gasteiger partial charge in [-0.3, -0.25) is 9.10 Å². The first kappa shape index (κ1) is 26.3. The van der Waals surface area contributed by atoms with Crippen LogP contribution in [0.3, 0.4) is 0 Å². The number of aryl methyl sites for hydroxylation is 2. The van der Waals surface area contributed by atoms with Gasteiger partial charge in [0.2, 0.25) is 5.91 Å². The number of amides is 1. The van der Waals surface area contributed by atoms with Crippen LogP contribution in [0, 0.1) is 13.8 Å². The molecule has 3 aromatic carbocycles. The van der Waals surface area contributed by atoms with E-state index in [0.717, 1.165) is 22.4 Å². The number of ether oxygens (including phenoxy) is 1. The molecule has 0 radical (unpaired) electrons. The zero-order valence-corrected chi connectivity index (χ0v) is 21.9. The zero-order valence-electron chi connectivity index (χ0n) is 21.0. The van der Waals surface area contributed by atoms with Crippen molar-refractivity contribution < 1.29 is 17.9 Å². The van der Waals surface area contributed by atoms with E-state index in [1.54, 1.807) is 24.3 Å². The molecular formula is C28H34N2O4S. The Kier molecular flexibility index (Phi) is 8.22. The highest BCUT2D eigenvalue weighted by Crippen LogP contribution is 2.31. The Morgan fingerprint density at radius 1 is 0.943 bits per heavy atom. The van der Waals surface area contributed by atoms with Crippen molar-refractivity contribution in [1.29, 1.82) is 0 Å². The maximum atomic E-state index is 13.5. The predicted octanol–water partition coefficient (Wildman–Crippen LogP) is 4.99. The Morgan fingerprint density at radius 2 is 1.60 bits per heavy atom. The summed E-state index contributed by atoms with van der Waals surface area (Å²) in [5, 5.41) is 2.80. The number of rotatable bonds is 9. The van der Waals surface area contributed by atoms with Gasteiger partial charge in [-0.25, -0.2) is 8.42 Å². The third kappa shape index (κ3) is 6.63. The normalized spacial score (nSPS) is 11.7. The molecule has 0 atom stereocenters. The van der Waals surface area contributed by atoms with Crippen LogP contribution in [0.25, 0.3) is 0 Å². The van der Waals surface area contributed by atoms with Gasteiger partial charge in [-0.05, 0) is 54.7 Å². The lowest BCUT2D eigenvalue weighted by atomic mass is 9.86. The molecule has 0 unspecified atom stereocenters. The molecule has 0 aliphatic rings. The average molecular weight is 495 g/mol. The molecule has 0 heterocycles. The van der Waals surface area contributed by atoms with Crippen LogP contribution in [0.1, 0.15) is 37.5 Å². The standard InChI is InChI=1S/C28H34N2O4S/c1-21-15-16-25(22(2)19-21)30(35(32,33)23-11-7-6-8-12-23)20-27(31)29-17-18-34-26-14-10-9-13-24(26)28(3,4)5/h6-16,19H,17-18,20H2,1-5H3,(H,29,31). The van der Waals surface area contributed by atoms with Gasteiger partial charge in [0.05, 0.1) is 17.1 Å². The van der Waals surface area contributed by atoms with Crippen LogP contribution < -0.4 is 14.4 Å². The highest BCUT2D eigenvalue weighted by atomic mass is 32.2.